The maximum Gasteiger partial charge on any atom is 0.278 e. The fourth-order valence-electron chi connectivity index (χ4n) is 3.23. The summed E-state index contributed by atoms with van der Waals surface area (Å²) in [6.07, 6.45) is 5.72. The molecule has 0 bridgehead atoms. The highest BCUT2D eigenvalue weighted by atomic mass is 16.2. The van der Waals surface area contributed by atoms with Gasteiger partial charge in [-0.25, -0.2) is 0 Å². The minimum atomic E-state index is -0.200. The van der Waals surface area contributed by atoms with E-state index in [4.69, 9.17) is 0 Å². The van der Waals surface area contributed by atoms with Crippen LogP contribution in [0.3, 0.4) is 0 Å². The van der Waals surface area contributed by atoms with Crippen molar-refractivity contribution in [2.24, 2.45) is 11.8 Å². The standard InChI is InChI=1S/C17H31N3O2/c1-11-6-5-7-15(12(11)2)19-17(22)13(3)20(4)10-16(21)18-14-8-9-14/h11-15H,5-10H2,1-4H3,(H,18,21)(H,19,22)/p+1/t11-,12+,13+,15-/m0/s1. The fraction of sp³-hybridized carbons (Fsp3) is 0.882. The van der Waals surface area contributed by atoms with Crippen molar-refractivity contribution in [3.8, 4) is 0 Å². The van der Waals surface area contributed by atoms with Gasteiger partial charge in [0, 0.05) is 12.1 Å². The van der Waals surface area contributed by atoms with Gasteiger partial charge in [-0.05, 0) is 38.0 Å². The molecule has 2 amide bonds. The van der Waals surface area contributed by atoms with Gasteiger partial charge >= 0.3 is 0 Å². The van der Waals surface area contributed by atoms with E-state index in [9.17, 15) is 9.59 Å². The second kappa shape index (κ2) is 7.44. The lowest BCUT2D eigenvalue weighted by atomic mass is 9.78. The Morgan fingerprint density at radius 2 is 1.82 bits per heavy atom. The molecule has 2 saturated carbocycles. The Labute approximate surface area is 134 Å². The Morgan fingerprint density at radius 3 is 2.45 bits per heavy atom. The quantitative estimate of drug-likeness (QED) is 0.652. The minimum absolute atomic E-state index is 0.0549. The van der Waals surface area contributed by atoms with E-state index in [1.54, 1.807) is 0 Å². The van der Waals surface area contributed by atoms with Crippen molar-refractivity contribution in [2.45, 2.75) is 71.0 Å². The molecule has 0 aromatic carbocycles. The summed E-state index contributed by atoms with van der Waals surface area (Å²) in [6, 6.07) is 0.468. The molecule has 0 heterocycles. The monoisotopic (exact) mass is 310 g/mol. The van der Waals surface area contributed by atoms with Crippen LogP contribution >= 0.6 is 0 Å². The molecule has 0 aromatic rings. The molecule has 2 aliphatic rings. The first kappa shape index (κ1) is 17.3. The Bertz CT molecular complexity index is 409. The molecule has 5 nitrogen and oxygen atoms in total. The van der Waals surface area contributed by atoms with Crippen molar-refractivity contribution in [1.29, 1.82) is 0 Å². The van der Waals surface area contributed by atoms with Crippen LogP contribution in [0.25, 0.3) is 0 Å². The number of hydrogen-bond acceptors (Lipinski definition) is 2. The van der Waals surface area contributed by atoms with Crippen molar-refractivity contribution >= 4 is 11.8 Å². The molecule has 2 fully saturated rings. The van der Waals surface area contributed by atoms with E-state index in [0.29, 0.717) is 24.4 Å². The number of nitrogens with one attached hydrogen (secondary N) is 3. The molecule has 1 unspecified atom stereocenters. The number of carbonyl (C=O) groups excluding carboxylic acids is 2. The molecule has 0 aromatic heterocycles. The number of amides is 2. The molecule has 5 atom stereocenters. The molecular weight excluding hydrogens is 278 g/mol. The molecule has 2 aliphatic carbocycles. The lowest BCUT2D eigenvalue weighted by Gasteiger charge is -2.35. The van der Waals surface area contributed by atoms with Crippen molar-refractivity contribution < 1.29 is 14.5 Å². The van der Waals surface area contributed by atoms with Gasteiger partial charge in [0.2, 0.25) is 0 Å². The number of rotatable bonds is 6. The first-order chi connectivity index (χ1) is 10.4. The maximum absolute atomic E-state index is 12.5. The normalized spacial score (nSPS) is 31.2. The molecule has 0 saturated heterocycles. The summed E-state index contributed by atoms with van der Waals surface area (Å²) in [5, 5.41) is 6.20. The molecule has 0 radical (unpaired) electrons. The summed E-state index contributed by atoms with van der Waals surface area (Å²) in [7, 11) is 1.92. The highest BCUT2D eigenvalue weighted by Crippen LogP contribution is 2.29. The van der Waals surface area contributed by atoms with Gasteiger partial charge in [0.25, 0.3) is 11.8 Å². The van der Waals surface area contributed by atoms with E-state index in [0.717, 1.165) is 24.2 Å². The summed E-state index contributed by atoms with van der Waals surface area (Å²) >= 11 is 0. The average Bonchev–Trinajstić information content (AvgIpc) is 3.26. The summed E-state index contributed by atoms with van der Waals surface area (Å²) in [6.45, 7) is 6.78. The molecular formula is C17H32N3O2+. The van der Waals surface area contributed by atoms with Crippen LogP contribution in [0.4, 0.5) is 0 Å². The molecule has 126 valence electrons. The predicted octanol–water partition coefficient (Wildman–Crippen LogP) is 0.109. The maximum atomic E-state index is 12.5. The number of quaternary nitrogens is 1. The summed E-state index contributed by atoms with van der Waals surface area (Å²) in [4.78, 5) is 25.3. The third-order valence-electron chi connectivity index (χ3n) is 5.55. The Balaban J connectivity index is 1.78. The summed E-state index contributed by atoms with van der Waals surface area (Å²) < 4.78 is 0. The van der Waals surface area contributed by atoms with Crippen LogP contribution in [0.1, 0.15) is 52.9 Å². The minimum Gasteiger partial charge on any atom is -0.348 e. The highest BCUT2D eigenvalue weighted by Gasteiger charge is 2.32. The van der Waals surface area contributed by atoms with E-state index < -0.39 is 0 Å². The second-order valence-electron chi connectivity index (χ2n) is 7.47. The van der Waals surface area contributed by atoms with Crippen molar-refractivity contribution in [1.82, 2.24) is 10.6 Å². The first-order valence-electron chi connectivity index (χ1n) is 8.80. The van der Waals surface area contributed by atoms with Gasteiger partial charge in [0.1, 0.15) is 0 Å². The molecule has 0 spiro atoms. The van der Waals surface area contributed by atoms with Gasteiger partial charge in [-0.15, -0.1) is 0 Å². The van der Waals surface area contributed by atoms with Crippen LogP contribution < -0.4 is 15.5 Å². The van der Waals surface area contributed by atoms with E-state index in [1.807, 2.05) is 14.0 Å². The third kappa shape index (κ3) is 4.70. The Morgan fingerprint density at radius 1 is 1.14 bits per heavy atom. The molecule has 2 rings (SSSR count). The SMILES string of the molecule is C[C@H]1[C@@H](NC(=O)[C@@H](C)[NH+](C)CC(=O)NC2CC2)CCC[C@@H]1C. The Kier molecular flexibility index (Phi) is 5.84. The second-order valence-corrected chi connectivity index (χ2v) is 7.47. The van der Waals surface area contributed by atoms with Gasteiger partial charge in [-0.3, -0.25) is 9.59 Å². The van der Waals surface area contributed by atoms with E-state index >= 15 is 0 Å². The number of likely N-dealkylation sites (N-methyl/N-ethyl adjacent to an activating group) is 1. The van der Waals surface area contributed by atoms with Crippen LogP contribution in [0, 0.1) is 11.8 Å². The van der Waals surface area contributed by atoms with Crippen LogP contribution in [0.2, 0.25) is 0 Å². The predicted molar refractivity (Wildman–Crippen MR) is 86.5 cm³/mol. The van der Waals surface area contributed by atoms with Crippen LogP contribution in [0.15, 0.2) is 0 Å². The summed E-state index contributed by atoms with van der Waals surface area (Å²) in [5.41, 5.74) is 0. The number of carbonyl (C=O) groups is 2. The van der Waals surface area contributed by atoms with E-state index in [2.05, 4.69) is 24.5 Å². The van der Waals surface area contributed by atoms with Gasteiger partial charge in [-0.2, -0.15) is 0 Å². The fourth-order valence-corrected chi connectivity index (χ4v) is 3.23. The molecule has 22 heavy (non-hydrogen) atoms. The lowest BCUT2D eigenvalue weighted by Crippen LogP contribution is -3.15. The molecule has 0 aliphatic heterocycles. The largest absolute Gasteiger partial charge is 0.348 e. The van der Waals surface area contributed by atoms with Crippen molar-refractivity contribution in [3.63, 3.8) is 0 Å². The van der Waals surface area contributed by atoms with E-state index in [1.165, 1.54) is 12.8 Å². The molecule has 5 heteroatoms. The smallest absolute Gasteiger partial charge is 0.278 e. The summed E-state index contributed by atoms with van der Waals surface area (Å²) in [5.74, 6) is 1.33. The average molecular weight is 310 g/mol. The number of hydrogen-bond donors (Lipinski definition) is 3. The highest BCUT2D eigenvalue weighted by molar-refractivity contribution is 5.81. The molecule has 3 N–H and O–H groups in total. The third-order valence-corrected chi connectivity index (χ3v) is 5.55. The van der Waals surface area contributed by atoms with E-state index in [-0.39, 0.29) is 23.9 Å². The van der Waals surface area contributed by atoms with Gasteiger partial charge in [-0.1, -0.05) is 26.7 Å². The van der Waals surface area contributed by atoms with Gasteiger partial charge in [0.15, 0.2) is 12.6 Å². The van der Waals surface area contributed by atoms with Crippen LogP contribution in [-0.4, -0.2) is 43.5 Å². The zero-order valence-electron chi connectivity index (χ0n) is 14.4. The van der Waals surface area contributed by atoms with Crippen molar-refractivity contribution in [3.05, 3.63) is 0 Å². The van der Waals surface area contributed by atoms with Gasteiger partial charge < -0.3 is 15.5 Å². The van der Waals surface area contributed by atoms with Crippen LogP contribution in [-0.2, 0) is 9.59 Å². The first-order valence-corrected chi connectivity index (χ1v) is 8.80. The van der Waals surface area contributed by atoms with Crippen LogP contribution in [0.5, 0.6) is 0 Å². The Hall–Kier alpha value is -1.10. The van der Waals surface area contributed by atoms with Crippen molar-refractivity contribution in [2.75, 3.05) is 13.6 Å². The van der Waals surface area contributed by atoms with Gasteiger partial charge in [0.05, 0.1) is 7.05 Å². The topological polar surface area (TPSA) is 62.6 Å². The zero-order valence-corrected chi connectivity index (χ0v) is 14.4. The lowest BCUT2D eigenvalue weighted by molar-refractivity contribution is -0.886. The zero-order chi connectivity index (χ0) is 16.3.